The Morgan fingerprint density at radius 2 is 2.16 bits per heavy atom. The van der Waals surface area contributed by atoms with Crippen molar-refractivity contribution in [1.29, 1.82) is 5.26 Å². The predicted octanol–water partition coefficient (Wildman–Crippen LogP) is 1.27. The van der Waals surface area contributed by atoms with Gasteiger partial charge in [-0.05, 0) is 39.0 Å². The maximum absolute atomic E-state index is 9.80. The lowest BCUT2D eigenvalue weighted by Gasteiger charge is -2.23. The van der Waals surface area contributed by atoms with E-state index in [9.17, 15) is 5.11 Å². The Hall–Kier alpha value is -1.77. The number of aliphatic hydroxyl groups is 1. The summed E-state index contributed by atoms with van der Waals surface area (Å²) < 4.78 is 5.44. The van der Waals surface area contributed by atoms with Gasteiger partial charge in [-0.25, -0.2) is 0 Å². The Kier molecular flexibility index (Phi) is 5.16. The monoisotopic (exact) mass is 263 g/mol. The van der Waals surface area contributed by atoms with Crippen molar-refractivity contribution in [3.63, 3.8) is 0 Å². The summed E-state index contributed by atoms with van der Waals surface area (Å²) in [6, 6.07) is 6.86. The Morgan fingerprint density at radius 3 is 2.74 bits per heavy atom. The van der Waals surface area contributed by atoms with E-state index in [0.29, 0.717) is 23.5 Å². The molecule has 19 heavy (non-hydrogen) atoms. The number of benzene rings is 1. The molecular formula is C14H21N3O2. The number of nitrogens with two attached hydrogens (primary N) is 1. The molecule has 0 aliphatic heterocycles. The van der Waals surface area contributed by atoms with Crippen molar-refractivity contribution in [2.24, 2.45) is 0 Å². The number of aliphatic hydroxyl groups excluding tert-OH is 1. The van der Waals surface area contributed by atoms with Crippen molar-refractivity contribution in [2.45, 2.75) is 32.4 Å². The van der Waals surface area contributed by atoms with E-state index in [1.165, 1.54) is 0 Å². The van der Waals surface area contributed by atoms with E-state index in [0.717, 1.165) is 0 Å². The molecule has 0 spiro atoms. The fourth-order valence-corrected chi connectivity index (χ4v) is 1.43. The van der Waals surface area contributed by atoms with Crippen LogP contribution in [0.25, 0.3) is 0 Å². The number of hydrogen-bond donors (Lipinski definition) is 3. The van der Waals surface area contributed by atoms with Crippen LogP contribution in [0.15, 0.2) is 18.2 Å². The fraction of sp³-hybridized carbons (Fsp3) is 0.500. The van der Waals surface area contributed by atoms with E-state index in [1.807, 2.05) is 26.8 Å². The molecule has 0 aromatic heterocycles. The summed E-state index contributed by atoms with van der Waals surface area (Å²) in [6.45, 7) is 6.62. The Morgan fingerprint density at radius 1 is 1.47 bits per heavy atom. The van der Waals surface area contributed by atoms with Crippen molar-refractivity contribution in [2.75, 3.05) is 18.9 Å². The maximum atomic E-state index is 9.80. The maximum Gasteiger partial charge on any atom is 0.137 e. The number of rotatable bonds is 5. The molecule has 0 bridgehead atoms. The molecular weight excluding hydrogens is 242 g/mol. The molecule has 0 aliphatic rings. The largest absolute Gasteiger partial charge is 0.489 e. The molecule has 1 aromatic carbocycles. The average molecular weight is 263 g/mol. The van der Waals surface area contributed by atoms with Crippen molar-refractivity contribution in [3.8, 4) is 11.8 Å². The zero-order valence-electron chi connectivity index (χ0n) is 11.6. The van der Waals surface area contributed by atoms with Crippen LogP contribution in [-0.2, 0) is 0 Å². The van der Waals surface area contributed by atoms with E-state index >= 15 is 0 Å². The fourth-order valence-electron chi connectivity index (χ4n) is 1.43. The smallest absolute Gasteiger partial charge is 0.137 e. The Bertz CT molecular complexity index is 461. The summed E-state index contributed by atoms with van der Waals surface area (Å²) >= 11 is 0. The molecule has 4 N–H and O–H groups in total. The second-order valence-electron chi connectivity index (χ2n) is 5.46. The van der Waals surface area contributed by atoms with Gasteiger partial charge < -0.3 is 20.9 Å². The highest BCUT2D eigenvalue weighted by Gasteiger charge is 2.13. The molecule has 1 atom stereocenters. The van der Waals surface area contributed by atoms with Gasteiger partial charge in [-0.3, -0.25) is 0 Å². The SMILES string of the molecule is CC(C)(C)NCC(O)COc1ccc(N)cc1C#N. The first-order chi connectivity index (χ1) is 8.81. The van der Waals surface area contributed by atoms with Crippen LogP contribution in [0.3, 0.4) is 0 Å². The molecule has 1 aromatic rings. The third kappa shape index (κ3) is 5.60. The molecule has 5 nitrogen and oxygen atoms in total. The summed E-state index contributed by atoms with van der Waals surface area (Å²) in [5.41, 5.74) is 6.42. The lowest BCUT2D eigenvalue weighted by atomic mass is 10.1. The predicted molar refractivity (Wildman–Crippen MR) is 74.8 cm³/mol. The second-order valence-corrected chi connectivity index (χ2v) is 5.46. The standard InChI is InChI=1S/C14H21N3O2/c1-14(2,3)17-8-12(18)9-19-13-5-4-11(16)6-10(13)7-15/h4-6,12,17-18H,8-9,16H2,1-3H3. The number of β-amino-alcohol motifs (C(OH)–C–C–N with tert-alkyl or cyclic N) is 1. The zero-order chi connectivity index (χ0) is 14.5. The van der Waals surface area contributed by atoms with Gasteiger partial charge in [-0.2, -0.15) is 5.26 Å². The number of nitrogens with zero attached hydrogens (tertiary/aromatic N) is 1. The molecule has 0 fully saturated rings. The van der Waals surface area contributed by atoms with Gasteiger partial charge in [0.1, 0.15) is 24.5 Å². The van der Waals surface area contributed by atoms with Crippen molar-refractivity contribution in [3.05, 3.63) is 23.8 Å². The highest BCUT2D eigenvalue weighted by molar-refractivity contribution is 5.53. The van der Waals surface area contributed by atoms with E-state index in [1.54, 1.807) is 18.2 Å². The van der Waals surface area contributed by atoms with Gasteiger partial charge in [0.2, 0.25) is 0 Å². The summed E-state index contributed by atoms with van der Waals surface area (Å²) in [5, 5.41) is 21.9. The van der Waals surface area contributed by atoms with E-state index in [-0.39, 0.29) is 12.1 Å². The molecule has 1 rings (SSSR count). The van der Waals surface area contributed by atoms with Crippen LogP contribution in [0.5, 0.6) is 5.75 Å². The molecule has 0 heterocycles. The number of nitrogen functional groups attached to an aromatic ring is 1. The second kappa shape index (κ2) is 6.41. The summed E-state index contributed by atoms with van der Waals surface area (Å²) in [4.78, 5) is 0. The van der Waals surface area contributed by atoms with Gasteiger partial charge in [0.15, 0.2) is 0 Å². The molecule has 0 amide bonds. The van der Waals surface area contributed by atoms with Crippen LogP contribution < -0.4 is 15.8 Å². The Balaban J connectivity index is 2.51. The van der Waals surface area contributed by atoms with Crippen molar-refractivity contribution < 1.29 is 9.84 Å². The number of nitrogens with one attached hydrogen (secondary N) is 1. The van der Waals surface area contributed by atoms with E-state index < -0.39 is 6.10 Å². The molecule has 1 unspecified atom stereocenters. The van der Waals surface area contributed by atoms with Gasteiger partial charge in [0, 0.05) is 17.8 Å². The van der Waals surface area contributed by atoms with E-state index in [2.05, 4.69) is 5.32 Å². The number of ether oxygens (including phenoxy) is 1. The highest BCUT2D eigenvalue weighted by Crippen LogP contribution is 2.20. The minimum absolute atomic E-state index is 0.0556. The molecule has 0 saturated heterocycles. The first-order valence-corrected chi connectivity index (χ1v) is 6.17. The van der Waals surface area contributed by atoms with Gasteiger partial charge in [0.05, 0.1) is 5.56 Å². The summed E-state index contributed by atoms with van der Waals surface area (Å²) in [6.07, 6.45) is -0.636. The van der Waals surface area contributed by atoms with Crippen LogP contribution in [0.2, 0.25) is 0 Å². The van der Waals surface area contributed by atoms with Crippen LogP contribution in [0.4, 0.5) is 5.69 Å². The third-order valence-corrected chi connectivity index (χ3v) is 2.42. The van der Waals surface area contributed by atoms with Crippen LogP contribution in [0, 0.1) is 11.3 Å². The molecule has 0 radical (unpaired) electrons. The highest BCUT2D eigenvalue weighted by atomic mass is 16.5. The average Bonchev–Trinajstić information content (AvgIpc) is 2.33. The van der Waals surface area contributed by atoms with Crippen LogP contribution in [0.1, 0.15) is 26.3 Å². The molecule has 0 saturated carbocycles. The number of nitriles is 1. The van der Waals surface area contributed by atoms with Crippen molar-refractivity contribution in [1.82, 2.24) is 5.32 Å². The van der Waals surface area contributed by atoms with Crippen molar-refractivity contribution >= 4 is 5.69 Å². The quantitative estimate of drug-likeness (QED) is 0.696. The Labute approximate surface area is 114 Å². The van der Waals surface area contributed by atoms with Gasteiger partial charge in [0.25, 0.3) is 0 Å². The van der Waals surface area contributed by atoms with Crippen LogP contribution >= 0.6 is 0 Å². The lowest BCUT2D eigenvalue weighted by molar-refractivity contribution is 0.0999. The minimum atomic E-state index is -0.636. The topological polar surface area (TPSA) is 91.3 Å². The summed E-state index contributed by atoms with van der Waals surface area (Å²) in [7, 11) is 0. The molecule has 5 heteroatoms. The van der Waals surface area contributed by atoms with Crippen LogP contribution in [-0.4, -0.2) is 29.9 Å². The normalized spacial score (nSPS) is 12.8. The summed E-state index contributed by atoms with van der Waals surface area (Å²) in [5.74, 6) is 0.437. The molecule has 0 aliphatic carbocycles. The van der Waals surface area contributed by atoms with E-state index in [4.69, 9.17) is 15.7 Å². The first-order valence-electron chi connectivity index (χ1n) is 6.17. The lowest BCUT2D eigenvalue weighted by Crippen LogP contribution is -2.42. The zero-order valence-corrected chi connectivity index (χ0v) is 11.6. The third-order valence-electron chi connectivity index (χ3n) is 2.42. The molecule has 104 valence electrons. The minimum Gasteiger partial charge on any atom is -0.489 e. The van der Waals surface area contributed by atoms with Gasteiger partial charge >= 0.3 is 0 Å². The van der Waals surface area contributed by atoms with Gasteiger partial charge in [-0.15, -0.1) is 0 Å². The first kappa shape index (κ1) is 15.3. The number of anilines is 1. The van der Waals surface area contributed by atoms with Gasteiger partial charge in [-0.1, -0.05) is 0 Å². The number of hydrogen-bond acceptors (Lipinski definition) is 5.